The van der Waals surface area contributed by atoms with Gasteiger partial charge >= 0.3 is 0 Å². The number of halogens is 2. The highest BCUT2D eigenvalue weighted by Gasteiger charge is 2.67. The molecule has 3 saturated carbocycles. The molecule has 3 amide bonds. The summed E-state index contributed by atoms with van der Waals surface area (Å²) in [5, 5.41) is 3.84. The van der Waals surface area contributed by atoms with E-state index in [9.17, 15) is 14.4 Å². The number of hydrogen-bond donors (Lipinski definition) is 1. The number of amides is 3. The van der Waals surface area contributed by atoms with Crippen LogP contribution in [0.2, 0.25) is 10.0 Å². The summed E-state index contributed by atoms with van der Waals surface area (Å²) < 4.78 is 0. The molecule has 0 spiro atoms. The third-order valence-electron chi connectivity index (χ3n) is 8.32. The van der Waals surface area contributed by atoms with Gasteiger partial charge in [-0.3, -0.25) is 19.3 Å². The zero-order chi connectivity index (χ0) is 21.4. The SMILES string of the molecule is O=C(Nc1cc(Cl)ccc1Cl)C1CCC(N2C(=O)[C@@H]3[C@H]4C=C[C@@H]([C@@H]5C[C@@H]45)[C@@H]3C2=O)CC1. The van der Waals surface area contributed by atoms with Gasteiger partial charge in [-0.2, -0.15) is 0 Å². The number of allylic oxidation sites excluding steroid dienone is 2. The van der Waals surface area contributed by atoms with Crippen LogP contribution < -0.4 is 5.32 Å². The zero-order valence-electron chi connectivity index (χ0n) is 17.0. The van der Waals surface area contributed by atoms with Gasteiger partial charge in [-0.1, -0.05) is 35.4 Å². The van der Waals surface area contributed by atoms with E-state index < -0.39 is 0 Å². The molecule has 1 aromatic carbocycles. The highest BCUT2D eigenvalue weighted by atomic mass is 35.5. The zero-order valence-corrected chi connectivity index (χ0v) is 18.5. The van der Waals surface area contributed by atoms with Crippen molar-refractivity contribution in [2.75, 3.05) is 5.32 Å². The first-order valence-corrected chi connectivity index (χ1v) is 12.0. The molecule has 31 heavy (non-hydrogen) atoms. The summed E-state index contributed by atoms with van der Waals surface area (Å²) in [6.45, 7) is 0. The van der Waals surface area contributed by atoms with Gasteiger partial charge in [0.25, 0.3) is 0 Å². The van der Waals surface area contributed by atoms with Crippen molar-refractivity contribution >= 4 is 46.6 Å². The molecule has 0 radical (unpaired) electrons. The van der Waals surface area contributed by atoms with E-state index in [2.05, 4.69) is 17.5 Å². The lowest BCUT2D eigenvalue weighted by molar-refractivity contribution is -0.144. The van der Waals surface area contributed by atoms with Crippen LogP contribution in [-0.2, 0) is 14.4 Å². The van der Waals surface area contributed by atoms with Gasteiger partial charge in [0.05, 0.1) is 22.5 Å². The van der Waals surface area contributed by atoms with Gasteiger partial charge in [0, 0.05) is 17.0 Å². The third kappa shape index (κ3) is 3.00. The predicted octanol–water partition coefficient (Wildman–Crippen LogP) is 4.54. The van der Waals surface area contributed by atoms with Crippen LogP contribution in [0.25, 0.3) is 0 Å². The molecule has 1 aliphatic heterocycles. The highest BCUT2D eigenvalue weighted by Crippen LogP contribution is 2.65. The minimum atomic E-state index is -0.160. The summed E-state index contributed by atoms with van der Waals surface area (Å²) in [6, 6.07) is 4.90. The number of nitrogens with one attached hydrogen (secondary N) is 1. The number of likely N-dealkylation sites (tertiary alicyclic amines) is 1. The molecule has 5 aliphatic carbocycles. The minimum absolute atomic E-state index is 0.0401. The lowest BCUT2D eigenvalue weighted by Crippen LogP contribution is -2.44. The molecule has 162 valence electrons. The van der Waals surface area contributed by atoms with Crippen LogP contribution in [0.4, 0.5) is 5.69 Å². The molecule has 1 N–H and O–H groups in total. The summed E-state index contributed by atoms with van der Waals surface area (Å²) in [5.74, 6) is 1.30. The summed E-state index contributed by atoms with van der Waals surface area (Å²) in [5.41, 5.74) is 0.511. The Kier molecular flexibility index (Phi) is 4.52. The van der Waals surface area contributed by atoms with E-state index in [1.807, 2.05) is 0 Å². The van der Waals surface area contributed by atoms with E-state index >= 15 is 0 Å². The molecule has 6 atom stereocenters. The van der Waals surface area contributed by atoms with Crippen molar-refractivity contribution in [3.8, 4) is 0 Å². The first-order chi connectivity index (χ1) is 14.9. The number of carbonyl (C=O) groups is 3. The molecular formula is C24H24Cl2N2O3. The molecule has 7 heteroatoms. The predicted molar refractivity (Wildman–Crippen MR) is 117 cm³/mol. The van der Waals surface area contributed by atoms with Crippen molar-refractivity contribution in [2.24, 2.45) is 41.4 Å². The maximum absolute atomic E-state index is 13.3. The monoisotopic (exact) mass is 458 g/mol. The van der Waals surface area contributed by atoms with Crippen LogP contribution in [0.1, 0.15) is 32.1 Å². The van der Waals surface area contributed by atoms with E-state index in [4.69, 9.17) is 23.2 Å². The number of carbonyl (C=O) groups excluding carboxylic acids is 3. The van der Waals surface area contributed by atoms with Gasteiger partial charge in [0.2, 0.25) is 17.7 Å². The van der Waals surface area contributed by atoms with Crippen molar-refractivity contribution in [3.05, 3.63) is 40.4 Å². The Labute approximate surface area is 191 Å². The van der Waals surface area contributed by atoms with Crippen LogP contribution in [-0.4, -0.2) is 28.7 Å². The first kappa shape index (κ1) is 19.8. The van der Waals surface area contributed by atoms with E-state index in [0.717, 1.165) is 0 Å². The van der Waals surface area contributed by atoms with Gasteiger partial charge in [-0.25, -0.2) is 0 Å². The number of rotatable bonds is 3. The fourth-order valence-corrected chi connectivity index (χ4v) is 7.10. The molecule has 1 aromatic rings. The second-order valence-electron chi connectivity index (χ2n) is 9.82. The van der Waals surface area contributed by atoms with E-state index in [1.54, 1.807) is 23.1 Å². The summed E-state index contributed by atoms with van der Waals surface area (Å²) in [7, 11) is 0. The van der Waals surface area contributed by atoms with Crippen molar-refractivity contribution in [2.45, 2.75) is 38.1 Å². The molecule has 2 bridgehead atoms. The van der Waals surface area contributed by atoms with Crippen molar-refractivity contribution < 1.29 is 14.4 Å². The van der Waals surface area contributed by atoms with E-state index in [0.29, 0.717) is 53.3 Å². The fraction of sp³-hybridized carbons (Fsp3) is 0.542. The van der Waals surface area contributed by atoms with Gasteiger partial charge in [0.15, 0.2) is 0 Å². The quantitative estimate of drug-likeness (QED) is 0.533. The maximum Gasteiger partial charge on any atom is 0.233 e. The smallest absolute Gasteiger partial charge is 0.233 e. The van der Waals surface area contributed by atoms with Crippen molar-refractivity contribution in [1.82, 2.24) is 4.90 Å². The highest BCUT2D eigenvalue weighted by molar-refractivity contribution is 6.35. The molecule has 1 saturated heterocycles. The van der Waals surface area contributed by atoms with Crippen LogP contribution in [0.15, 0.2) is 30.4 Å². The lowest BCUT2D eigenvalue weighted by Gasteiger charge is -2.37. The van der Waals surface area contributed by atoms with Crippen molar-refractivity contribution in [1.29, 1.82) is 0 Å². The molecule has 5 nitrogen and oxygen atoms in total. The Morgan fingerprint density at radius 2 is 1.55 bits per heavy atom. The number of anilines is 1. The average Bonchev–Trinajstić information content (AvgIpc) is 3.54. The normalized spacial score (nSPS) is 40.0. The topological polar surface area (TPSA) is 66.5 Å². The summed E-state index contributed by atoms with van der Waals surface area (Å²) in [6.07, 6.45) is 8.23. The Bertz CT molecular complexity index is 980. The largest absolute Gasteiger partial charge is 0.324 e. The molecule has 4 fully saturated rings. The Hall–Kier alpha value is -1.85. The summed E-state index contributed by atoms with van der Waals surface area (Å²) >= 11 is 12.2. The summed E-state index contributed by atoms with van der Waals surface area (Å²) in [4.78, 5) is 40.9. The first-order valence-electron chi connectivity index (χ1n) is 11.2. The molecule has 7 rings (SSSR count). The average molecular weight is 459 g/mol. The van der Waals surface area contributed by atoms with Crippen LogP contribution in [0, 0.1) is 41.4 Å². The molecule has 0 unspecified atom stereocenters. The van der Waals surface area contributed by atoms with Crippen LogP contribution >= 0.6 is 23.2 Å². The number of hydrogen-bond acceptors (Lipinski definition) is 3. The van der Waals surface area contributed by atoms with Gasteiger partial charge in [-0.05, 0) is 74.0 Å². The Morgan fingerprint density at radius 3 is 2.16 bits per heavy atom. The maximum atomic E-state index is 13.3. The van der Waals surface area contributed by atoms with E-state index in [-0.39, 0.29) is 53.4 Å². The molecule has 0 aromatic heterocycles. The fourth-order valence-electron chi connectivity index (χ4n) is 6.76. The minimum Gasteiger partial charge on any atom is -0.324 e. The number of nitrogens with zero attached hydrogens (tertiary/aromatic N) is 1. The second kappa shape index (κ2) is 7.08. The molecule has 1 heterocycles. The third-order valence-corrected chi connectivity index (χ3v) is 8.88. The Balaban J connectivity index is 1.12. The second-order valence-corrected chi connectivity index (χ2v) is 10.7. The number of imide groups is 1. The molecule has 6 aliphatic rings. The van der Waals surface area contributed by atoms with Crippen LogP contribution in [0.5, 0.6) is 0 Å². The van der Waals surface area contributed by atoms with Crippen LogP contribution in [0.3, 0.4) is 0 Å². The standard InChI is InChI=1S/C24H24Cl2N2O3/c25-12-3-8-18(26)19(9-12)27-22(29)11-1-4-13(5-2-11)28-23(30)20-14-6-7-15(17-10-16(14)17)21(20)24(28)31/h3,6-9,11,13-17,20-21H,1-2,4-5,10H2,(H,27,29)/t11?,13?,14-,15-,16-,17-,20-,21+/m0/s1. The van der Waals surface area contributed by atoms with E-state index in [1.165, 1.54) is 6.42 Å². The Morgan fingerprint density at radius 1 is 0.935 bits per heavy atom. The van der Waals surface area contributed by atoms with Crippen molar-refractivity contribution in [3.63, 3.8) is 0 Å². The lowest BCUT2D eigenvalue weighted by atomic mass is 9.63. The number of benzene rings is 1. The molecular weight excluding hydrogens is 435 g/mol. The van der Waals surface area contributed by atoms with Gasteiger partial charge in [-0.15, -0.1) is 0 Å². The van der Waals surface area contributed by atoms with Gasteiger partial charge in [0.1, 0.15) is 0 Å². The van der Waals surface area contributed by atoms with Gasteiger partial charge < -0.3 is 5.32 Å².